The zero-order valence-electron chi connectivity index (χ0n) is 12.3. The quantitative estimate of drug-likeness (QED) is 0.699. The van der Waals surface area contributed by atoms with Gasteiger partial charge in [0.25, 0.3) is 0 Å². The van der Waals surface area contributed by atoms with Crippen LogP contribution in [0.3, 0.4) is 0 Å². The number of H-pyrrole nitrogens is 1. The number of fused-ring (bicyclic) bond motifs is 3. The summed E-state index contributed by atoms with van der Waals surface area (Å²) in [4.78, 5) is 29.0. The van der Waals surface area contributed by atoms with Crippen molar-refractivity contribution in [2.45, 2.75) is 18.9 Å². The average Bonchev–Trinajstić information content (AvgIpc) is 3.03. The number of hydrogen-bond acceptors (Lipinski definition) is 6. The van der Waals surface area contributed by atoms with Gasteiger partial charge in [-0.15, -0.1) is 0 Å². The molecule has 0 saturated carbocycles. The number of carbonyl (C=O) groups is 1. The van der Waals surface area contributed by atoms with E-state index in [9.17, 15) is 4.79 Å². The van der Waals surface area contributed by atoms with Gasteiger partial charge in [0.2, 0.25) is 0 Å². The molecule has 0 amide bonds. The van der Waals surface area contributed by atoms with E-state index in [4.69, 9.17) is 9.84 Å². The Balaban J connectivity index is 1.69. The van der Waals surface area contributed by atoms with E-state index in [0.717, 1.165) is 27.8 Å². The van der Waals surface area contributed by atoms with Gasteiger partial charge < -0.3 is 19.7 Å². The molecule has 2 N–H and O–H groups in total. The Labute approximate surface area is 131 Å². The van der Waals surface area contributed by atoms with Crippen LogP contribution in [0.25, 0.3) is 21.9 Å². The molecular weight excluding hydrogens is 298 g/mol. The van der Waals surface area contributed by atoms with Crippen LogP contribution in [0.1, 0.15) is 12.8 Å². The maximum Gasteiger partial charge on any atom is 0.506 e. The molecule has 0 aromatic carbocycles. The summed E-state index contributed by atoms with van der Waals surface area (Å²) in [6.07, 6.45) is 4.97. The van der Waals surface area contributed by atoms with E-state index in [-0.39, 0.29) is 6.10 Å². The van der Waals surface area contributed by atoms with E-state index in [1.54, 1.807) is 6.20 Å². The Morgan fingerprint density at radius 3 is 2.91 bits per heavy atom. The van der Waals surface area contributed by atoms with Crippen molar-refractivity contribution in [2.75, 3.05) is 18.0 Å². The molecule has 3 aromatic heterocycles. The highest BCUT2D eigenvalue weighted by Gasteiger charge is 2.24. The highest BCUT2D eigenvalue weighted by molar-refractivity contribution is 6.08. The number of piperidine rings is 1. The minimum atomic E-state index is -1.21. The number of rotatable bonds is 2. The van der Waals surface area contributed by atoms with Crippen LogP contribution in [-0.4, -0.2) is 50.4 Å². The van der Waals surface area contributed by atoms with Gasteiger partial charge in [-0.3, -0.25) is 0 Å². The zero-order chi connectivity index (χ0) is 15.8. The summed E-state index contributed by atoms with van der Waals surface area (Å²) in [6.45, 7) is 1.39. The maximum absolute atomic E-state index is 10.6. The normalized spacial score (nSPS) is 16.1. The summed E-state index contributed by atoms with van der Waals surface area (Å²) in [5, 5.41) is 10.7. The summed E-state index contributed by atoms with van der Waals surface area (Å²) >= 11 is 0. The van der Waals surface area contributed by atoms with Crippen molar-refractivity contribution in [1.82, 2.24) is 19.9 Å². The van der Waals surface area contributed by atoms with Gasteiger partial charge >= 0.3 is 6.16 Å². The van der Waals surface area contributed by atoms with Crippen LogP contribution in [0.4, 0.5) is 10.6 Å². The van der Waals surface area contributed by atoms with E-state index in [1.807, 2.05) is 12.3 Å². The standard InChI is InChI=1S/C15H15N5O3/c21-15(22)23-9-2-5-20(6-3-9)14-12-10-1-4-16-13(10)17-7-11(12)18-8-19-14/h1,4,7-9H,2-3,5-6H2,(H,16,17)(H,21,22). The Kier molecular flexibility index (Phi) is 3.22. The first-order valence-electron chi connectivity index (χ1n) is 7.43. The van der Waals surface area contributed by atoms with Gasteiger partial charge in [0.15, 0.2) is 0 Å². The minimum absolute atomic E-state index is 0.245. The summed E-state index contributed by atoms with van der Waals surface area (Å²) < 4.78 is 4.86. The third-order valence-electron chi connectivity index (χ3n) is 4.18. The van der Waals surface area contributed by atoms with Crippen molar-refractivity contribution in [3.05, 3.63) is 24.8 Å². The molecule has 118 valence electrons. The number of aromatic nitrogens is 4. The fraction of sp³-hybridized carbons (Fsp3) is 0.333. The van der Waals surface area contributed by atoms with Crippen LogP contribution < -0.4 is 4.90 Å². The molecule has 1 saturated heterocycles. The maximum atomic E-state index is 10.6. The Hall–Kier alpha value is -2.90. The highest BCUT2D eigenvalue weighted by Crippen LogP contribution is 2.31. The second-order valence-electron chi connectivity index (χ2n) is 5.53. The first kappa shape index (κ1) is 13.7. The van der Waals surface area contributed by atoms with Crippen molar-refractivity contribution in [3.63, 3.8) is 0 Å². The highest BCUT2D eigenvalue weighted by atomic mass is 16.7. The number of ether oxygens (including phenoxy) is 1. The van der Waals surface area contributed by atoms with Crippen molar-refractivity contribution < 1.29 is 14.6 Å². The first-order valence-corrected chi connectivity index (χ1v) is 7.43. The first-order chi connectivity index (χ1) is 11.2. The van der Waals surface area contributed by atoms with Crippen LogP contribution in [0, 0.1) is 0 Å². The molecule has 0 atom stereocenters. The van der Waals surface area contributed by atoms with E-state index in [1.165, 1.54) is 6.33 Å². The monoisotopic (exact) mass is 313 g/mol. The van der Waals surface area contributed by atoms with Gasteiger partial charge in [-0.1, -0.05) is 0 Å². The SMILES string of the molecule is O=C(O)OC1CCN(c2ncnc3cnc4[nH]ccc4c23)CC1. The Morgan fingerprint density at radius 1 is 1.30 bits per heavy atom. The molecule has 0 aliphatic carbocycles. The molecule has 1 fully saturated rings. The lowest BCUT2D eigenvalue weighted by Gasteiger charge is -2.32. The van der Waals surface area contributed by atoms with E-state index in [0.29, 0.717) is 25.9 Å². The van der Waals surface area contributed by atoms with E-state index < -0.39 is 6.16 Å². The van der Waals surface area contributed by atoms with Crippen LogP contribution in [-0.2, 0) is 4.74 Å². The summed E-state index contributed by atoms with van der Waals surface area (Å²) in [7, 11) is 0. The molecule has 1 aliphatic heterocycles. The van der Waals surface area contributed by atoms with Crippen LogP contribution in [0.2, 0.25) is 0 Å². The Bertz CT molecular complexity index is 870. The van der Waals surface area contributed by atoms with Gasteiger partial charge in [-0.2, -0.15) is 0 Å². The molecule has 0 spiro atoms. The molecule has 1 aliphatic rings. The predicted octanol–water partition coefficient (Wildman–Crippen LogP) is 2.17. The second kappa shape index (κ2) is 5.38. The molecule has 23 heavy (non-hydrogen) atoms. The molecule has 0 radical (unpaired) electrons. The number of hydrogen-bond donors (Lipinski definition) is 2. The van der Waals surface area contributed by atoms with Crippen molar-refractivity contribution in [3.8, 4) is 0 Å². The third kappa shape index (κ3) is 2.41. The second-order valence-corrected chi connectivity index (χ2v) is 5.53. The zero-order valence-corrected chi connectivity index (χ0v) is 12.3. The van der Waals surface area contributed by atoms with Crippen LogP contribution in [0.5, 0.6) is 0 Å². The van der Waals surface area contributed by atoms with E-state index >= 15 is 0 Å². The van der Waals surface area contributed by atoms with Crippen molar-refractivity contribution in [2.24, 2.45) is 0 Å². The van der Waals surface area contributed by atoms with Gasteiger partial charge in [-0.05, 0) is 6.07 Å². The summed E-state index contributed by atoms with van der Waals surface area (Å²) in [6, 6.07) is 1.97. The van der Waals surface area contributed by atoms with E-state index in [2.05, 4.69) is 24.8 Å². The lowest BCUT2D eigenvalue weighted by molar-refractivity contribution is 0.0416. The summed E-state index contributed by atoms with van der Waals surface area (Å²) in [5.74, 6) is 0.857. The van der Waals surface area contributed by atoms with Gasteiger partial charge in [-0.25, -0.2) is 19.7 Å². The smallest absolute Gasteiger partial charge is 0.450 e. The third-order valence-corrected chi connectivity index (χ3v) is 4.18. The number of nitrogens with one attached hydrogen (secondary N) is 1. The molecule has 3 aromatic rings. The predicted molar refractivity (Wildman–Crippen MR) is 83.5 cm³/mol. The fourth-order valence-electron chi connectivity index (χ4n) is 3.11. The van der Waals surface area contributed by atoms with Gasteiger partial charge in [0.1, 0.15) is 23.9 Å². The topological polar surface area (TPSA) is 104 Å². The lowest BCUT2D eigenvalue weighted by atomic mass is 10.1. The molecule has 0 bridgehead atoms. The van der Waals surface area contributed by atoms with Crippen molar-refractivity contribution in [1.29, 1.82) is 0 Å². The molecule has 8 heteroatoms. The molecular formula is C15H15N5O3. The minimum Gasteiger partial charge on any atom is -0.450 e. The number of carboxylic acid groups (broad SMARTS) is 1. The largest absolute Gasteiger partial charge is 0.506 e. The van der Waals surface area contributed by atoms with Gasteiger partial charge in [0, 0.05) is 37.5 Å². The average molecular weight is 313 g/mol. The molecule has 4 heterocycles. The van der Waals surface area contributed by atoms with Crippen LogP contribution >= 0.6 is 0 Å². The van der Waals surface area contributed by atoms with Crippen LogP contribution in [0.15, 0.2) is 24.8 Å². The number of pyridine rings is 1. The lowest BCUT2D eigenvalue weighted by Crippen LogP contribution is -2.38. The molecule has 8 nitrogen and oxygen atoms in total. The number of aromatic amines is 1. The summed E-state index contributed by atoms with van der Waals surface area (Å²) in [5.41, 5.74) is 1.60. The number of anilines is 1. The van der Waals surface area contributed by atoms with Crippen molar-refractivity contribution >= 4 is 33.9 Å². The number of nitrogens with zero attached hydrogens (tertiary/aromatic N) is 4. The fourth-order valence-corrected chi connectivity index (χ4v) is 3.11. The molecule has 0 unspecified atom stereocenters. The van der Waals surface area contributed by atoms with Gasteiger partial charge in [0.05, 0.1) is 17.1 Å². The Morgan fingerprint density at radius 2 is 2.13 bits per heavy atom. The molecule has 4 rings (SSSR count).